The fraction of sp³-hybridized carbons (Fsp3) is 0.0196. The minimum Gasteiger partial charge on any atom is -0.456 e. The summed E-state index contributed by atoms with van der Waals surface area (Å²) in [6.07, 6.45) is 0. The van der Waals surface area contributed by atoms with E-state index in [2.05, 4.69) is 206 Å². The van der Waals surface area contributed by atoms with Gasteiger partial charge in [0.1, 0.15) is 11.2 Å². The second-order valence-electron chi connectivity index (χ2n) is 13.8. The van der Waals surface area contributed by atoms with Crippen molar-refractivity contribution in [2.24, 2.45) is 0 Å². The Morgan fingerprint density at radius 2 is 0.925 bits per heavy atom. The lowest BCUT2D eigenvalue weighted by molar-refractivity contribution is 0.668. The Hall–Kier alpha value is -6.90. The van der Waals surface area contributed by atoms with Crippen LogP contribution in [0.15, 0.2) is 199 Å². The maximum atomic E-state index is 6.29. The molecular weight excluding hydrogens is 643 g/mol. The number of aryl methyl sites for hydroxylation is 1. The zero-order valence-corrected chi connectivity index (χ0v) is 29.3. The molecule has 0 saturated carbocycles. The molecule has 0 bridgehead atoms. The van der Waals surface area contributed by atoms with Gasteiger partial charge in [0, 0.05) is 27.8 Å². The molecule has 0 spiro atoms. The van der Waals surface area contributed by atoms with Gasteiger partial charge in [-0.3, -0.25) is 0 Å². The number of nitrogens with zero attached hydrogens (tertiary/aromatic N) is 1. The molecule has 1 aromatic heterocycles. The van der Waals surface area contributed by atoms with Crippen molar-refractivity contribution in [3.63, 3.8) is 0 Å². The van der Waals surface area contributed by atoms with Gasteiger partial charge in [-0.05, 0) is 122 Å². The molecule has 0 aliphatic rings. The highest BCUT2D eigenvalue weighted by Crippen LogP contribution is 2.41. The molecule has 0 atom stereocenters. The Bertz CT molecular complexity index is 2920. The van der Waals surface area contributed by atoms with Gasteiger partial charge < -0.3 is 9.32 Å². The largest absolute Gasteiger partial charge is 0.456 e. The van der Waals surface area contributed by atoms with Crippen LogP contribution < -0.4 is 4.90 Å². The van der Waals surface area contributed by atoms with E-state index < -0.39 is 0 Å². The summed E-state index contributed by atoms with van der Waals surface area (Å²) in [6.45, 7) is 2.10. The van der Waals surface area contributed by atoms with Crippen LogP contribution in [0.1, 0.15) is 5.56 Å². The molecule has 0 N–H and O–H groups in total. The van der Waals surface area contributed by atoms with Gasteiger partial charge >= 0.3 is 0 Å². The van der Waals surface area contributed by atoms with Crippen LogP contribution in [0, 0.1) is 6.92 Å². The van der Waals surface area contributed by atoms with Crippen molar-refractivity contribution in [1.82, 2.24) is 0 Å². The molecule has 2 nitrogen and oxygen atoms in total. The molecule has 2 heteroatoms. The van der Waals surface area contributed by atoms with Crippen LogP contribution in [0.3, 0.4) is 0 Å². The second kappa shape index (κ2) is 12.7. The Morgan fingerprint density at radius 3 is 1.62 bits per heavy atom. The first-order valence-corrected chi connectivity index (χ1v) is 18.2. The molecule has 0 aliphatic carbocycles. The van der Waals surface area contributed by atoms with Gasteiger partial charge in [-0.25, -0.2) is 0 Å². The van der Waals surface area contributed by atoms with E-state index in [1.165, 1.54) is 54.9 Å². The molecule has 0 saturated heterocycles. The molecule has 10 aromatic rings. The standard InChI is InChI=1S/C51H35NO/c1-34-18-31-47-50(32-34)53-49-17-9-16-44(51(47)49)37-21-27-41(28-22-37)52(40-25-19-36(20-26-40)35-10-3-2-4-11-35)42-29-23-38(24-30-42)48-33-39-12-5-6-13-43(39)45-14-7-8-15-46(45)48/h2-33H,1H3. The van der Waals surface area contributed by atoms with Gasteiger partial charge in [-0.2, -0.15) is 0 Å². The number of benzene rings is 9. The van der Waals surface area contributed by atoms with Crippen LogP contribution in [0.5, 0.6) is 0 Å². The molecule has 250 valence electrons. The van der Waals surface area contributed by atoms with Gasteiger partial charge in [-0.1, -0.05) is 140 Å². The Labute approximate surface area is 308 Å². The summed E-state index contributed by atoms with van der Waals surface area (Å²) in [5, 5.41) is 7.37. The predicted octanol–water partition coefficient (Wildman–Crippen LogP) is 14.7. The van der Waals surface area contributed by atoms with Crippen molar-refractivity contribution < 1.29 is 4.42 Å². The summed E-state index contributed by atoms with van der Waals surface area (Å²) in [5.41, 5.74) is 13.5. The average molecular weight is 678 g/mol. The zero-order chi connectivity index (χ0) is 35.3. The van der Waals surface area contributed by atoms with E-state index in [-0.39, 0.29) is 0 Å². The summed E-state index contributed by atoms with van der Waals surface area (Å²) < 4.78 is 6.29. The van der Waals surface area contributed by atoms with E-state index in [0.717, 1.165) is 44.6 Å². The fourth-order valence-electron chi connectivity index (χ4n) is 7.93. The second-order valence-corrected chi connectivity index (χ2v) is 13.8. The molecule has 10 rings (SSSR count). The lowest BCUT2D eigenvalue weighted by Crippen LogP contribution is -2.09. The monoisotopic (exact) mass is 677 g/mol. The van der Waals surface area contributed by atoms with Gasteiger partial charge in [0.2, 0.25) is 0 Å². The molecule has 0 aliphatic heterocycles. The van der Waals surface area contributed by atoms with Crippen molar-refractivity contribution in [3.05, 3.63) is 200 Å². The molecule has 0 amide bonds. The van der Waals surface area contributed by atoms with Crippen molar-refractivity contribution in [2.45, 2.75) is 6.92 Å². The predicted molar refractivity (Wildman–Crippen MR) is 224 cm³/mol. The first-order chi connectivity index (χ1) is 26.2. The summed E-state index contributed by atoms with van der Waals surface area (Å²) in [7, 11) is 0. The normalized spacial score (nSPS) is 11.5. The fourth-order valence-corrected chi connectivity index (χ4v) is 7.93. The third kappa shape index (κ3) is 5.44. The molecule has 53 heavy (non-hydrogen) atoms. The van der Waals surface area contributed by atoms with Crippen LogP contribution in [-0.4, -0.2) is 0 Å². The highest BCUT2D eigenvalue weighted by atomic mass is 16.3. The smallest absolute Gasteiger partial charge is 0.136 e. The third-order valence-corrected chi connectivity index (χ3v) is 10.5. The molecular formula is C51H35NO. The van der Waals surface area contributed by atoms with E-state index in [1.807, 2.05) is 0 Å². The number of furan rings is 1. The quantitative estimate of drug-likeness (QED) is 0.163. The first-order valence-electron chi connectivity index (χ1n) is 18.2. The number of fused-ring (bicyclic) bond motifs is 6. The van der Waals surface area contributed by atoms with Crippen LogP contribution in [-0.2, 0) is 0 Å². The van der Waals surface area contributed by atoms with Crippen LogP contribution in [0.4, 0.5) is 17.1 Å². The summed E-state index contributed by atoms with van der Waals surface area (Å²) >= 11 is 0. The minimum absolute atomic E-state index is 0.909. The zero-order valence-electron chi connectivity index (χ0n) is 29.3. The Morgan fingerprint density at radius 1 is 0.358 bits per heavy atom. The van der Waals surface area contributed by atoms with E-state index >= 15 is 0 Å². The Balaban J connectivity index is 1.07. The maximum absolute atomic E-state index is 6.29. The van der Waals surface area contributed by atoms with Crippen LogP contribution >= 0.6 is 0 Å². The van der Waals surface area contributed by atoms with Gasteiger partial charge in [0.15, 0.2) is 0 Å². The molecule has 1 heterocycles. The SMILES string of the molecule is Cc1ccc2c(c1)oc1cccc(-c3ccc(N(c4ccc(-c5ccccc5)cc4)c4ccc(-c5cc6ccccc6c6ccccc56)cc4)cc3)c12. The van der Waals surface area contributed by atoms with E-state index in [0.29, 0.717) is 0 Å². The molecule has 0 fully saturated rings. The van der Waals surface area contributed by atoms with Crippen molar-refractivity contribution >= 4 is 60.5 Å². The van der Waals surface area contributed by atoms with Crippen LogP contribution in [0.25, 0.3) is 76.9 Å². The number of hydrogen-bond donors (Lipinski definition) is 0. The van der Waals surface area contributed by atoms with Crippen molar-refractivity contribution in [1.29, 1.82) is 0 Å². The van der Waals surface area contributed by atoms with Gasteiger partial charge in [0.25, 0.3) is 0 Å². The number of anilines is 3. The van der Waals surface area contributed by atoms with E-state index in [9.17, 15) is 0 Å². The van der Waals surface area contributed by atoms with E-state index in [4.69, 9.17) is 4.42 Å². The number of hydrogen-bond acceptors (Lipinski definition) is 2. The summed E-state index contributed by atoms with van der Waals surface area (Å²) in [6, 6.07) is 69.9. The molecule has 9 aromatic carbocycles. The highest BCUT2D eigenvalue weighted by Gasteiger charge is 2.17. The average Bonchev–Trinajstić information content (AvgIpc) is 3.60. The maximum Gasteiger partial charge on any atom is 0.136 e. The molecule has 0 unspecified atom stereocenters. The van der Waals surface area contributed by atoms with Crippen LogP contribution in [0.2, 0.25) is 0 Å². The minimum atomic E-state index is 0.909. The number of rotatable bonds is 6. The van der Waals surface area contributed by atoms with Gasteiger partial charge in [0.05, 0.1) is 0 Å². The lowest BCUT2D eigenvalue weighted by Gasteiger charge is -2.26. The van der Waals surface area contributed by atoms with Gasteiger partial charge in [-0.15, -0.1) is 0 Å². The topological polar surface area (TPSA) is 16.4 Å². The van der Waals surface area contributed by atoms with Crippen molar-refractivity contribution in [2.75, 3.05) is 4.90 Å². The van der Waals surface area contributed by atoms with E-state index in [1.54, 1.807) is 0 Å². The third-order valence-electron chi connectivity index (χ3n) is 10.5. The summed E-state index contributed by atoms with van der Waals surface area (Å²) in [5.74, 6) is 0. The Kier molecular flexibility index (Phi) is 7.40. The summed E-state index contributed by atoms with van der Waals surface area (Å²) in [4.78, 5) is 2.34. The van der Waals surface area contributed by atoms with Crippen molar-refractivity contribution in [3.8, 4) is 33.4 Å². The highest BCUT2D eigenvalue weighted by molar-refractivity contribution is 6.14. The lowest BCUT2D eigenvalue weighted by atomic mass is 9.93. The molecule has 0 radical (unpaired) electrons. The first kappa shape index (κ1) is 30.9.